The monoisotopic (exact) mass is 260 g/mol. The second kappa shape index (κ2) is 4.95. The van der Waals surface area contributed by atoms with Gasteiger partial charge in [0.1, 0.15) is 0 Å². The molecule has 0 unspecified atom stereocenters. The first-order valence-corrected chi connectivity index (χ1v) is 6.61. The van der Waals surface area contributed by atoms with Gasteiger partial charge in [-0.15, -0.1) is 0 Å². The molecule has 6 nitrogen and oxygen atoms in total. The highest BCUT2D eigenvalue weighted by atomic mass is 16.1. The summed E-state index contributed by atoms with van der Waals surface area (Å²) in [7, 11) is 0. The van der Waals surface area contributed by atoms with E-state index < -0.39 is 0 Å². The molecule has 1 aliphatic carbocycles. The summed E-state index contributed by atoms with van der Waals surface area (Å²) < 4.78 is 0. The lowest BCUT2D eigenvalue weighted by atomic mass is 9.96. The average molecular weight is 260 g/mol. The van der Waals surface area contributed by atoms with Crippen LogP contribution in [0.25, 0.3) is 0 Å². The van der Waals surface area contributed by atoms with Gasteiger partial charge in [-0.2, -0.15) is 0 Å². The second-order valence-corrected chi connectivity index (χ2v) is 4.94. The van der Waals surface area contributed by atoms with Gasteiger partial charge in [-0.25, -0.2) is 9.97 Å². The molecule has 1 fully saturated rings. The lowest BCUT2D eigenvalue weighted by molar-refractivity contribution is -0.118. The molecular weight excluding hydrogens is 244 g/mol. The van der Waals surface area contributed by atoms with Crippen LogP contribution in [-0.2, 0) is 11.2 Å². The normalized spacial score (nSPS) is 19.3. The van der Waals surface area contributed by atoms with Gasteiger partial charge in [0.25, 0.3) is 0 Å². The Morgan fingerprint density at radius 2 is 1.95 bits per heavy atom. The van der Waals surface area contributed by atoms with Crippen LogP contribution in [0.3, 0.4) is 0 Å². The van der Waals surface area contributed by atoms with E-state index in [1.807, 2.05) is 0 Å². The number of carbonyl (C=O) groups excluding carboxylic acids is 2. The summed E-state index contributed by atoms with van der Waals surface area (Å²) in [5.41, 5.74) is 1.56. The number of Topliss-reactive ketones (excluding diaryl/α,β-unsaturated/α-hetero) is 1. The maximum Gasteiger partial charge on any atom is 0.225 e. The van der Waals surface area contributed by atoms with Gasteiger partial charge in [0, 0.05) is 38.8 Å². The molecule has 1 saturated heterocycles. The van der Waals surface area contributed by atoms with Gasteiger partial charge in [-0.1, -0.05) is 0 Å². The highest BCUT2D eigenvalue weighted by Crippen LogP contribution is 2.21. The number of ketones is 1. The third-order valence-electron chi connectivity index (χ3n) is 3.72. The number of hydrogen-bond acceptors (Lipinski definition) is 5. The standard InChI is InChI=1S/C13H16N4O2/c18-9-16-4-6-17(7-5-16)13-14-8-10-11(15-13)2-1-3-12(10)19/h8-9H,1-7H2. The van der Waals surface area contributed by atoms with Crippen LogP contribution in [0.15, 0.2) is 6.20 Å². The fraction of sp³-hybridized carbons (Fsp3) is 0.538. The molecule has 6 heteroatoms. The van der Waals surface area contributed by atoms with Crippen LogP contribution in [0.4, 0.5) is 5.95 Å². The van der Waals surface area contributed by atoms with Gasteiger partial charge < -0.3 is 9.80 Å². The fourth-order valence-corrected chi connectivity index (χ4v) is 2.56. The maximum atomic E-state index is 11.7. The SMILES string of the molecule is O=CN1CCN(c2ncc3c(n2)CCCC3=O)CC1. The minimum Gasteiger partial charge on any atom is -0.342 e. The molecule has 1 amide bonds. The average Bonchev–Trinajstić information content (AvgIpc) is 2.47. The number of amides is 1. The molecule has 2 aliphatic rings. The molecule has 3 rings (SSSR count). The van der Waals surface area contributed by atoms with Gasteiger partial charge in [0.15, 0.2) is 5.78 Å². The van der Waals surface area contributed by atoms with Crippen molar-refractivity contribution in [3.63, 3.8) is 0 Å². The summed E-state index contributed by atoms with van der Waals surface area (Å²) in [5.74, 6) is 0.831. The molecule has 0 saturated carbocycles. The Morgan fingerprint density at radius 3 is 2.68 bits per heavy atom. The number of hydrogen-bond donors (Lipinski definition) is 0. The third-order valence-corrected chi connectivity index (χ3v) is 3.72. The molecule has 0 N–H and O–H groups in total. The molecule has 1 aromatic heterocycles. The quantitative estimate of drug-likeness (QED) is 0.714. The number of nitrogens with zero attached hydrogens (tertiary/aromatic N) is 4. The lowest BCUT2D eigenvalue weighted by Gasteiger charge is -2.32. The largest absolute Gasteiger partial charge is 0.342 e. The van der Waals surface area contributed by atoms with Gasteiger partial charge in [-0.3, -0.25) is 9.59 Å². The van der Waals surface area contributed by atoms with Crippen molar-refractivity contribution in [3.8, 4) is 0 Å². The predicted octanol–water partition coefficient (Wildman–Crippen LogP) is 0.274. The van der Waals surface area contributed by atoms with E-state index in [9.17, 15) is 9.59 Å². The number of aromatic nitrogens is 2. The molecule has 0 spiro atoms. The van der Waals surface area contributed by atoms with Crippen molar-refractivity contribution < 1.29 is 9.59 Å². The molecule has 19 heavy (non-hydrogen) atoms. The number of carbonyl (C=O) groups is 2. The Labute approximate surface area is 111 Å². The van der Waals surface area contributed by atoms with Crippen molar-refractivity contribution in [2.45, 2.75) is 19.3 Å². The first kappa shape index (κ1) is 12.1. The minimum atomic E-state index is 0.151. The fourth-order valence-electron chi connectivity index (χ4n) is 2.56. The van der Waals surface area contributed by atoms with Crippen molar-refractivity contribution in [2.24, 2.45) is 0 Å². The molecular formula is C13H16N4O2. The molecule has 0 radical (unpaired) electrons. The zero-order valence-electron chi connectivity index (χ0n) is 10.7. The minimum absolute atomic E-state index is 0.151. The van der Waals surface area contributed by atoms with Crippen LogP contribution in [-0.4, -0.2) is 53.2 Å². The predicted molar refractivity (Wildman–Crippen MR) is 69.2 cm³/mol. The van der Waals surface area contributed by atoms with Crippen molar-refractivity contribution >= 4 is 18.1 Å². The van der Waals surface area contributed by atoms with Gasteiger partial charge in [0.2, 0.25) is 12.4 Å². The Bertz CT molecular complexity index is 509. The van der Waals surface area contributed by atoms with Gasteiger partial charge in [0.05, 0.1) is 11.3 Å². The molecule has 0 bridgehead atoms. The van der Waals surface area contributed by atoms with Crippen LogP contribution >= 0.6 is 0 Å². The number of fused-ring (bicyclic) bond motifs is 1. The number of rotatable bonds is 2. The Morgan fingerprint density at radius 1 is 1.16 bits per heavy atom. The maximum absolute atomic E-state index is 11.7. The van der Waals surface area contributed by atoms with Crippen molar-refractivity contribution in [1.29, 1.82) is 0 Å². The van der Waals surface area contributed by atoms with Crippen LogP contribution in [0.1, 0.15) is 28.9 Å². The van der Waals surface area contributed by atoms with E-state index in [0.29, 0.717) is 31.0 Å². The molecule has 100 valence electrons. The lowest BCUT2D eigenvalue weighted by Crippen LogP contribution is -2.46. The van der Waals surface area contributed by atoms with Crippen molar-refractivity contribution in [3.05, 3.63) is 17.5 Å². The van der Waals surface area contributed by atoms with Crippen molar-refractivity contribution in [1.82, 2.24) is 14.9 Å². The first-order valence-electron chi connectivity index (χ1n) is 6.61. The highest BCUT2D eigenvalue weighted by molar-refractivity contribution is 5.97. The van der Waals surface area contributed by atoms with Crippen LogP contribution in [0.5, 0.6) is 0 Å². The number of anilines is 1. The highest BCUT2D eigenvalue weighted by Gasteiger charge is 2.22. The Kier molecular flexibility index (Phi) is 3.15. The zero-order chi connectivity index (χ0) is 13.2. The smallest absolute Gasteiger partial charge is 0.225 e. The Hall–Kier alpha value is -1.98. The summed E-state index contributed by atoms with van der Waals surface area (Å²) in [6.45, 7) is 2.88. The molecule has 0 aromatic carbocycles. The van der Waals surface area contributed by atoms with E-state index >= 15 is 0 Å². The van der Waals surface area contributed by atoms with Crippen LogP contribution in [0, 0.1) is 0 Å². The van der Waals surface area contributed by atoms with E-state index in [0.717, 1.165) is 38.0 Å². The summed E-state index contributed by atoms with van der Waals surface area (Å²) in [6, 6.07) is 0. The van der Waals surface area contributed by atoms with E-state index in [-0.39, 0.29) is 5.78 Å². The van der Waals surface area contributed by atoms with E-state index in [1.54, 1.807) is 11.1 Å². The Balaban J connectivity index is 1.79. The van der Waals surface area contributed by atoms with Crippen LogP contribution in [0.2, 0.25) is 0 Å². The van der Waals surface area contributed by atoms with Gasteiger partial charge in [-0.05, 0) is 12.8 Å². The van der Waals surface area contributed by atoms with E-state index in [2.05, 4.69) is 14.9 Å². The van der Waals surface area contributed by atoms with E-state index in [4.69, 9.17) is 0 Å². The second-order valence-electron chi connectivity index (χ2n) is 4.94. The van der Waals surface area contributed by atoms with Gasteiger partial charge >= 0.3 is 0 Å². The van der Waals surface area contributed by atoms with Crippen molar-refractivity contribution in [2.75, 3.05) is 31.1 Å². The first-order chi connectivity index (χ1) is 9.28. The van der Waals surface area contributed by atoms with Crippen LogP contribution < -0.4 is 4.90 Å². The summed E-state index contributed by atoms with van der Waals surface area (Å²) in [4.78, 5) is 35.0. The molecule has 1 aliphatic heterocycles. The number of aryl methyl sites for hydroxylation is 1. The third kappa shape index (κ3) is 2.30. The molecule has 1 aromatic rings. The molecule has 2 heterocycles. The summed E-state index contributed by atoms with van der Waals surface area (Å²) in [5, 5.41) is 0. The molecule has 0 atom stereocenters. The summed E-state index contributed by atoms with van der Waals surface area (Å²) in [6.07, 6.45) is 4.87. The zero-order valence-corrected chi connectivity index (χ0v) is 10.7. The topological polar surface area (TPSA) is 66.4 Å². The van der Waals surface area contributed by atoms with E-state index in [1.165, 1.54) is 0 Å². The summed E-state index contributed by atoms with van der Waals surface area (Å²) >= 11 is 0. The number of piperazine rings is 1.